The van der Waals surface area contributed by atoms with Gasteiger partial charge in [-0.1, -0.05) is 201 Å². The number of hydrogen-bond acceptors (Lipinski definition) is 14. The van der Waals surface area contributed by atoms with Crippen LogP contribution in [0.4, 0.5) is 5.69 Å². The molecule has 14 aromatic heterocycles. The summed E-state index contributed by atoms with van der Waals surface area (Å²) < 4.78 is 43.6. The lowest BCUT2D eigenvalue weighted by Gasteiger charge is -2.28. The van der Waals surface area contributed by atoms with Crippen molar-refractivity contribution in [2.24, 2.45) is 35.2 Å². The van der Waals surface area contributed by atoms with Crippen molar-refractivity contribution in [2.45, 2.75) is 62.6 Å². The topological polar surface area (TPSA) is 175 Å². The Bertz CT molecular complexity index is 8230. The minimum Gasteiger partial charge on any atom is -0.437 e. The Morgan fingerprint density at radius 2 is 0.744 bits per heavy atom. The number of hydrogen-bond donors (Lipinski definition) is 0. The number of imidazole rings is 1. The van der Waals surface area contributed by atoms with E-state index in [-0.39, 0.29) is 21.0 Å². The van der Waals surface area contributed by atoms with Crippen molar-refractivity contribution in [1.82, 2.24) is 44.2 Å². The van der Waals surface area contributed by atoms with Crippen LogP contribution >= 0.6 is 11.3 Å². The van der Waals surface area contributed by atoms with Gasteiger partial charge in [-0.2, -0.15) is 4.57 Å². The minimum absolute atomic E-state index is 0. The summed E-state index contributed by atoms with van der Waals surface area (Å²) in [4.78, 5) is 27.2. The highest BCUT2D eigenvalue weighted by molar-refractivity contribution is 7.12. The fourth-order valence-corrected chi connectivity index (χ4v) is 19.0. The number of anilines is 1. The average Bonchev–Trinajstić information content (AvgIpc) is 1.61. The Morgan fingerprint density at radius 3 is 1.14 bits per heavy atom. The quantitative estimate of drug-likeness (QED) is 0.149. The van der Waals surface area contributed by atoms with E-state index in [1.807, 2.05) is 109 Å². The summed E-state index contributed by atoms with van der Waals surface area (Å²) in [5.41, 5.74) is 20.4. The third kappa shape index (κ3) is 13.2. The maximum atomic E-state index is 6.27. The third-order valence-corrected chi connectivity index (χ3v) is 25.3. The van der Waals surface area contributed by atoms with E-state index in [2.05, 4.69) is 322 Å². The van der Waals surface area contributed by atoms with E-state index in [1.54, 1.807) is 17.5 Å². The zero-order valence-electron chi connectivity index (χ0n) is 69.9. The van der Waals surface area contributed by atoms with Gasteiger partial charge < -0.3 is 31.9 Å². The molecule has 0 unspecified atom stereocenters. The Labute approximate surface area is 724 Å². The fraction of sp³-hybridized carbons (Fsp3) is 0.143. The number of rotatable bonds is 5. The highest BCUT2D eigenvalue weighted by Gasteiger charge is 2.31. The first-order valence-electron chi connectivity index (χ1n) is 41.0. The van der Waals surface area contributed by atoms with Crippen LogP contribution in [0.15, 0.2) is 308 Å². The van der Waals surface area contributed by atoms with E-state index in [1.165, 1.54) is 43.2 Å². The van der Waals surface area contributed by atoms with Crippen LogP contribution < -0.4 is 23.4 Å². The van der Waals surface area contributed by atoms with Gasteiger partial charge in [0.25, 0.3) is 10.8 Å². The van der Waals surface area contributed by atoms with Gasteiger partial charge in [0.15, 0.2) is 60.1 Å². The molecular formula is C105H92N14O5S+4. The summed E-state index contributed by atoms with van der Waals surface area (Å²) in [6, 6.07) is 69.2. The number of fused-ring (bicyclic) bond motifs is 25. The summed E-state index contributed by atoms with van der Waals surface area (Å²) in [5.74, 6) is 1.12. The summed E-state index contributed by atoms with van der Waals surface area (Å²) in [6.45, 7) is 12.8. The molecule has 1 aliphatic rings. The van der Waals surface area contributed by atoms with Gasteiger partial charge >= 0.3 is 0 Å². The molecule has 15 heterocycles. The Kier molecular flexibility index (Phi) is 20.1. The molecule has 1 atom stereocenters. The van der Waals surface area contributed by atoms with Crippen molar-refractivity contribution in [3.05, 3.63) is 314 Å². The van der Waals surface area contributed by atoms with Crippen molar-refractivity contribution in [3.8, 4) is 38.9 Å². The van der Waals surface area contributed by atoms with Gasteiger partial charge in [-0.15, -0.1) is 9.36 Å². The number of thiazole rings is 1. The zero-order valence-corrected chi connectivity index (χ0v) is 70.7. The lowest BCUT2D eigenvalue weighted by atomic mass is 10.00. The summed E-state index contributed by atoms with van der Waals surface area (Å²) in [5, 5.41) is 30.2. The Hall–Kier alpha value is -15.3. The van der Waals surface area contributed by atoms with Crippen molar-refractivity contribution < 1.29 is 40.6 Å². The predicted molar refractivity (Wildman–Crippen MR) is 506 cm³/mol. The van der Waals surface area contributed by atoms with Crippen LogP contribution in [-0.4, -0.2) is 57.4 Å². The van der Waals surface area contributed by atoms with Crippen LogP contribution in [0.1, 0.15) is 49.6 Å². The molecule has 0 radical (unpaired) electrons. The number of pyridine rings is 5. The van der Waals surface area contributed by atoms with Gasteiger partial charge in [0.1, 0.15) is 36.7 Å². The van der Waals surface area contributed by atoms with E-state index in [9.17, 15) is 0 Å². The van der Waals surface area contributed by atoms with E-state index in [0.717, 1.165) is 165 Å². The second-order valence-electron chi connectivity index (χ2n) is 31.9. The first-order valence-corrected chi connectivity index (χ1v) is 41.9. The summed E-state index contributed by atoms with van der Waals surface area (Å²) >= 11 is 1.73. The van der Waals surface area contributed by atoms with Gasteiger partial charge in [-0.05, 0) is 120 Å². The minimum atomic E-state index is 0. The van der Waals surface area contributed by atoms with Crippen molar-refractivity contribution in [3.63, 3.8) is 0 Å². The molecule has 0 bridgehead atoms. The van der Waals surface area contributed by atoms with Crippen LogP contribution in [0.25, 0.3) is 203 Å². The molecule has 24 aromatic rings. The van der Waals surface area contributed by atoms with E-state index in [0.29, 0.717) is 28.6 Å². The maximum Gasteiger partial charge on any atom is 0.292 e. The van der Waals surface area contributed by atoms with Gasteiger partial charge in [-0.3, -0.25) is 0 Å². The van der Waals surface area contributed by atoms with Gasteiger partial charge in [0, 0.05) is 116 Å². The van der Waals surface area contributed by atoms with Gasteiger partial charge in [0.2, 0.25) is 34.3 Å². The van der Waals surface area contributed by atoms with Gasteiger partial charge in [0.05, 0.1) is 70.1 Å². The second kappa shape index (κ2) is 31.6. The van der Waals surface area contributed by atoms with Crippen LogP contribution in [0, 0.1) is 34.6 Å². The number of furan rings is 5. The molecule has 0 spiro atoms. The van der Waals surface area contributed by atoms with Crippen LogP contribution in [0.3, 0.4) is 0 Å². The molecule has 0 amide bonds. The molecule has 0 N–H and O–H groups in total. The number of nitrogens with zero attached hydrogens (tertiary/aromatic N) is 14. The normalized spacial score (nSPS) is 12.7. The van der Waals surface area contributed by atoms with Crippen molar-refractivity contribution in [2.75, 3.05) is 11.9 Å². The van der Waals surface area contributed by atoms with Gasteiger partial charge in [-0.25, -0.2) is 34.1 Å². The summed E-state index contributed by atoms with van der Waals surface area (Å²) in [7, 11) is 12.2. The predicted octanol–water partition coefficient (Wildman–Crippen LogP) is 23.9. The number of aromatic nitrogens is 12. The number of aryl methyl sites for hydroxylation is 10. The molecule has 0 saturated carbocycles. The largest absolute Gasteiger partial charge is 0.437 e. The zero-order chi connectivity index (χ0) is 83.7. The molecule has 25 rings (SSSR count). The molecule has 10 aromatic carbocycles. The van der Waals surface area contributed by atoms with Crippen LogP contribution in [0.2, 0.25) is 0 Å². The molecule has 125 heavy (non-hydrogen) atoms. The third-order valence-electron chi connectivity index (χ3n) is 24.3. The van der Waals surface area contributed by atoms with Crippen molar-refractivity contribution >= 4 is 181 Å². The molecule has 0 aliphatic carbocycles. The average molecular weight is 1660 g/mol. The van der Waals surface area contributed by atoms with Crippen LogP contribution in [0.5, 0.6) is 0 Å². The second-order valence-corrected chi connectivity index (χ2v) is 32.8. The molecule has 614 valence electrons. The smallest absolute Gasteiger partial charge is 0.292 e. The van der Waals surface area contributed by atoms with Crippen LogP contribution in [-0.2, 0) is 35.2 Å². The lowest BCUT2D eigenvalue weighted by Crippen LogP contribution is -2.37. The highest BCUT2D eigenvalue weighted by Crippen LogP contribution is 2.46. The number of benzene rings is 10. The molecule has 1 aliphatic heterocycles. The molecule has 20 heteroatoms. The van der Waals surface area contributed by atoms with E-state index >= 15 is 0 Å². The van der Waals surface area contributed by atoms with E-state index < -0.39 is 0 Å². The molecule has 0 fully saturated rings. The monoisotopic (exact) mass is 1660 g/mol. The Morgan fingerprint density at radius 1 is 0.360 bits per heavy atom. The Balaban J connectivity index is 0.000000102. The molecular weight excluding hydrogens is 1570 g/mol. The first-order chi connectivity index (χ1) is 60.0. The molecule has 19 nitrogen and oxygen atoms in total. The van der Waals surface area contributed by atoms with Crippen molar-refractivity contribution in [1.29, 1.82) is 0 Å². The fourth-order valence-electron chi connectivity index (χ4n) is 18.0. The first kappa shape index (κ1) is 79.5. The lowest BCUT2D eigenvalue weighted by molar-refractivity contribution is -0.744. The summed E-state index contributed by atoms with van der Waals surface area (Å²) in [6.07, 6.45) is 25.9. The standard InChI is InChI=1S/C21H18N3O.C21H19N3O.C21H16N3O.C20H16N3O.C20H15N2OS.2CH4/c1-13-8-9-16-18-15-7-5-4-6-14(15)12-22-20(18)25-19(16)17(13)21-23(2)10-11-24(21)3;1-13-8-9-17-18-16-7-5-4-6-15(16)12-22-21(18)25-20(17)19(13)24-11-10-23(3)14(24)2;1-13-9-10-16-19-15-7-4-3-6-14(15)12-22-21(19)25-20(16)18(13)17-8-5-11-23-24(17)2;1-13-8-9-16-17-15-7-4-3-6-14(15)12-21-20(17)24-19(16)18(13)23-11-5-10-22(23)2;1-12-7-8-15-17-14-6-4-3-5-13(14)11-21-19(17)23-18(15)16(12)20-22(2)9-10-24-20;;/h4-12H,1-3H3;4-12,14H,1-3H3;3-12H,1-2H3;3-12H,1-2H3;3-11H,1-2H3;2*1H4/q+1;;3*+1;;/t;14-;;;;;/m.0...../s1. The maximum absolute atomic E-state index is 6.27. The SMILES string of the molecule is C.C.Cc1ccc2c(oc3ncc4ccccc4c32)c1-c1cccn[n+]1C.Cc1ccc2c(oc3ncc4ccccc4c32)c1-c1n(C)cc[n+]1C.Cc1ccc2c(oc3ncc4ccccc4c32)c1-c1scc[n+]1C.Cc1ccc2c(oc3ncc4ccccc4c32)c1-n1ccc[n+]1C.Cc1ccc2c(oc3ncc4ccccc4c32)c1N1C=CN(C)[C@@H]1C. The van der Waals surface area contributed by atoms with E-state index in [4.69, 9.17) is 22.1 Å². The molecule has 0 saturated heterocycles. The highest BCUT2D eigenvalue weighted by atomic mass is 32.1.